The van der Waals surface area contributed by atoms with Gasteiger partial charge in [-0.05, 0) is 18.2 Å². The maximum absolute atomic E-state index is 10.6. The third kappa shape index (κ3) is 1.31. The van der Waals surface area contributed by atoms with Gasteiger partial charge in [-0.1, -0.05) is 19.0 Å². The largest absolute Gasteiger partial charge is 0.360 e. The molecule has 2 aromatic rings. The first-order chi connectivity index (χ1) is 6.72. The van der Waals surface area contributed by atoms with Crippen LogP contribution in [0.5, 0.6) is 0 Å². The SMILES string of the molecule is CC(C)c1onc2ccc(C=O)cc12. The van der Waals surface area contributed by atoms with E-state index in [1.54, 1.807) is 12.1 Å². The molecule has 0 aliphatic carbocycles. The second-order valence-corrected chi connectivity index (χ2v) is 3.60. The van der Waals surface area contributed by atoms with Gasteiger partial charge in [-0.2, -0.15) is 0 Å². The van der Waals surface area contributed by atoms with E-state index in [1.165, 1.54) is 0 Å². The normalized spacial score (nSPS) is 11.1. The lowest BCUT2D eigenvalue weighted by Gasteiger charge is -1.98. The van der Waals surface area contributed by atoms with E-state index in [2.05, 4.69) is 5.16 Å². The lowest BCUT2D eigenvalue weighted by Crippen LogP contribution is -1.85. The molecule has 0 saturated carbocycles. The Balaban J connectivity index is 2.69. The minimum atomic E-state index is 0.280. The second-order valence-electron chi connectivity index (χ2n) is 3.60. The van der Waals surface area contributed by atoms with Crippen LogP contribution in [0.2, 0.25) is 0 Å². The van der Waals surface area contributed by atoms with Crippen molar-refractivity contribution in [3.8, 4) is 0 Å². The molecule has 0 spiro atoms. The summed E-state index contributed by atoms with van der Waals surface area (Å²) in [5, 5.41) is 4.86. The van der Waals surface area contributed by atoms with Crippen molar-refractivity contribution < 1.29 is 9.32 Å². The van der Waals surface area contributed by atoms with Gasteiger partial charge in [0, 0.05) is 16.9 Å². The fraction of sp³-hybridized carbons (Fsp3) is 0.273. The molecule has 0 saturated heterocycles. The molecule has 0 radical (unpaired) electrons. The number of hydrogen-bond acceptors (Lipinski definition) is 3. The lowest BCUT2D eigenvalue weighted by molar-refractivity contribution is 0.112. The Morgan fingerprint density at radius 1 is 1.43 bits per heavy atom. The number of benzene rings is 1. The van der Waals surface area contributed by atoms with E-state index < -0.39 is 0 Å². The van der Waals surface area contributed by atoms with Gasteiger partial charge in [-0.3, -0.25) is 4.79 Å². The van der Waals surface area contributed by atoms with Crippen molar-refractivity contribution in [2.75, 3.05) is 0 Å². The molecule has 14 heavy (non-hydrogen) atoms. The average Bonchev–Trinajstić information content (AvgIpc) is 2.59. The molecule has 2 rings (SSSR count). The summed E-state index contributed by atoms with van der Waals surface area (Å²) in [6.07, 6.45) is 0.830. The number of carbonyl (C=O) groups excluding carboxylic acids is 1. The summed E-state index contributed by atoms with van der Waals surface area (Å²) in [7, 11) is 0. The van der Waals surface area contributed by atoms with E-state index in [4.69, 9.17) is 4.52 Å². The second kappa shape index (κ2) is 3.25. The number of carbonyl (C=O) groups is 1. The first-order valence-corrected chi connectivity index (χ1v) is 4.57. The Hall–Kier alpha value is -1.64. The van der Waals surface area contributed by atoms with Gasteiger partial charge < -0.3 is 4.52 Å². The molecular formula is C11H11NO2. The molecular weight excluding hydrogens is 178 g/mol. The van der Waals surface area contributed by atoms with Crippen LogP contribution in [0.15, 0.2) is 22.7 Å². The third-order valence-corrected chi connectivity index (χ3v) is 2.19. The van der Waals surface area contributed by atoms with Gasteiger partial charge in [-0.25, -0.2) is 0 Å². The van der Waals surface area contributed by atoms with Gasteiger partial charge in [0.2, 0.25) is 0 Å². The van der Waals surface area contributed by atoms with Gasteiger partial charge in [0.1, 0.15) is 17.6 Å². The summed E-state index contributed by atoms with van der Waals surface area (Å²) in [6.45, 7) is 4.07. The zero-order chi connectivity index (χ0) is 10.1. The van der Waals surface area contributed by atoms with Crippen molar-refractivity contribution in [1.29, 1.82) is 0 Å². The highest BCUT2D eigenvalue weighted by Crippen LogP contribution is 2.25. The Bertz CT molecular complexity index is 471. The summed E-state index contributed by atoms with van der Waals surface area (Å²) < 4.78 is 5.21. The molecule has 0 unspecified atom stereocenters. The predicted octanol–water partition coefficient (Wildman–Crippen LogP) is 2.76. The highest BCUT2D eigenvalue weighted by atomic mass is 16.5. The van der Waals surface area contributed by atoms with Gasteiger partial charge >= 0.3 is 0 Å². The number of aromatic nitrogens is 1. The monoisotopic (exact) mass is 189 g/mol. The smallest absolute Gasteiger partial charge is 0.150 e. The fourth-order valence-corrected chi connectivity index (χ4v) is 1.47. The molecule has 72 valence electrons. The molecule has 1 aromatic heterocycles. The molecule has 1 aromatic carbocycles. The quantitative estimate of drug-likeness (QED) is 0.682. The first kappa shape index (κ1) is 8.94. The molecule has 0 aliphatic heterocycles. The van der Waals surface area contributed by atoms with Crippen LogP contribution in [0.3, 0.4) is 0 Å². The van der Waals surface area contributed by atoms with Gasteiger partial charge in [0.05, 0.1) is 0 Å². The van der Waals surface area contributed by atoms with Crippen molar-refractivity contribution in [1.82, 2.24) is 5.16 Å². The minimum Gasteiger partial charge on any atom is -0.360 e. The van der Waals surface area contributed by atoms with Gasteiger partial charge in [0.25, 0.3) is 0 Å². The van der Waals surface area contributed by atoms with E-state index in [-0.39, 0.29) is 5.92 Å². The summed E-state index contributed by atoms with van der Waals surface area (Å²) >= 11 is 0. The summed E-state index contributed by atoms with van der Waals surface area (Å²) in [5.74, 6) is 1.12. The lowest BCUT2D eigenvalue weighted by atomic mass is 10.1. The molecule has 3 nitrogen and oxygen atoms in total. The van der Waals surface area contributed by atoms with Crippen molar-refractivity contribution in [2.24, 2.45) is 0 Å². The van der Waals surface area contributed by atoms with Crippen LogP contribution < -0.4 is 0 Å². The third-order valence-electron chi connectivity index (χ3n) is 2.19. The van der Waals surface area contributed by atoms with E-state index in [0.29, 0.717) is 5.56 Å². The number of hydrogen-bond donors (Lipinski definition) is 0. The van der Waals surface area contributed by atoms with Crippen LogP contribution >= 0.6 is 0 Å². The van der Waals surface area contributed by atoms with Gasteiger partial charge in [0.15, 0.2) is 0 Å². The molecule has 0 amide bonds. The maximum atomic E-state index is 10.6. The van der Waals surface area contributed by atoms with Crippen LogP contribution in [-0.4, -0.2) is 11.4 Å². The van der Waals surface area contributed by atoms with E-state index in [9.17, 15) is 4.79 Å². The molecule has 0 N–H and O–H groups in total. The summed E-state index contributed by atoms with van der Waals surface area (Å²) in [5.41, 5.74) is 1.46. The van der Waals surface area contributed by atoms with Gasteiger partial charge in [-0.15, -0.1) is 0 Å². The van der Waals surface area contributed by atoms with Crippen LogP contribution in [0.1, 0.15) is 35.9 Å². The summed E-state index contributed by atoms with van der Waals surface area (Å²) in [4.78, 5) is 10.6. The Labute approximate surface area is 81.7 Å². The highest BCUT2D eigenvalue weighted by molar-refractivity contribution is 5.88. The standard InChI is InChI=1S/C11H11NO2/c1-7(2)11-9-5-8(6-13)3-4-10(9)12-14-11/h3-7H,1-2H3. The van der Waals surface area contributed by atoms with Crippen LogP contribution in [0, 0.1) is 0 Å². The Kier molecular flexibility index (Phi) is 2.08. The number of rotatable bonds is 2. The Morgan fingerprint density at radius 2 is 2.21 bits per heavy atom. The maximum Gasteiger partial charge on any atom is 0.150 e. The van der Waals surface area contributed by atoms with Crippen molar-refractivity contribution in [2.45, 2.75) is 19.8 Å². The predicted molar refractivity (Wildman–Crippen MR) is 53.5 cm³/mol. The summed E-state index contributed by atoms with van der Waals surface area (Å²) in [6, 6.07) is 5.35. The average molecular weight is 189 g/mol. The van der Waals surface area contributed by atoms with Crippen LogP contribution in [0.25, 0.3) is 10.9 Å². The topological polar surface area (TPSA) is 43.1 Å². The Morgan fingerprint density at radius 3 is 2.86 bits per heavy atom. The minimum absolute atomic E-state index is 0.280. The zero-order valence-electron chi connectivity index (χ0n) is 8.15. The fourth-order valence-electron chi connectivity index (χ4n) is 1.47. The molecule has 0 aliphatic rings. The first-order valence-electron chi connectivity index (χ1n) is 4.57. The van der Waals surface area contributed by atoms with Crippen molar-refractivity contribution in [3.05, 3.63) is 29.5 Å². The molecule has 0 fully saturated rings. The zero-order valence-corrected chi connectivity index (χ0v) is 8.15. The molecule has 0 bridgehead atoms. The van der Waals surface area contributed by atoms with Crippen LogP contribution in [-0.2, 0) is 0 Å². The van der Waals surface area contributed by atoms with Crippen LogP contribution in [0.4, 0.5) is 0 Å². The van der Waals surface area contributed by atoms with Crippen molar-refractivity contribution in [3.63, 3.8) is 0 Å². The number of nitrogens with zero attached hydrogens (tertiary/aromatic N) is 1. The number of aldehydes is 1. The molecule has 3 heteroatoms. The van der Waals surface area contributed by atoms with E-state index in [1.807, 2.05) is 19.9 Å². The van der Waals surface area contributed by atoms with E-state index >= 15 is 0 Å². The van der Waals surface area contributed by atoms with E-state index in [0.717, 1.165) is 22.9 Å². The highest BCUT2D eigenvalue weighted by Gasteiger charge is 2.11. The number of fused-ring (bicyclic) bond motifs is 1. The molecule has 0 atom stereocenters. The van der Waals surface area contributed by atoms with Crippen molar-refractivity contribution >= 4 is 17.2 Å². The molecule has 1 heterocycles.